The van der Waals surface area contributed by atoms with Gasteiger partial charge in [0, 0.05) is 17.0 Å². The monoisotopic (exact) mass is 358 g/mol. The number of carbonyl (C=O) groups excluding carboxylic acids is 1. The van der Waals surface area contributed by atoms with Gasteiger partial charge in [-0.25, -0.2) is 0 Å². The van der Waals surface area contributed by atoms with Gasteiger partial charge in [-0.3, -0.25) is 14.9 Å². The number of hydrogen-bond acceptors (Lipinski definition) is 6. The molecular formula is C13H15BrN2O5. The molecule has 0 aromatic heterocycles. The molecule has 8 heteroatoms. The summed E-state index contributed by atoms with van der Waals surface area (Å²) in [6.07, 6.45) is 0.884. The van der Waals surface area contributed by atoms with E-state index in [1.54, 1.807) is 6.07 Å². The quantitative estimate of drug-likeness (QED) is 0.502. The summed E-state index contributed by atoms with van der Waals surface area (Å²) in [7, 11) is 1.28. The van der Waals surface area contributed by atoms with Gasteiger partial charge in [-0.2, -0.15) is 0 Å². The van der Waals surface area contributed by atoms with Crippen LogP contribution in [-0.2, 0) is 9.53 Å². The Morgan fingerprint density at radius 3 is 2.90 bits per heavy atom. The number of carbonyl (C=O) groups is 1. The first-order valence-electron chi connectivity index (χ1n) is 6.33. The summed E-state index contributed by atoms with van der Waals surface area (Å²) in [5, 5.41) is 11.0. The number of rotatable bonds is 4. The molecular weight excluding hydrogens is 344 g/mol. The average molecular weight is 359 g/mol. The van der Waals surface area contributed by atoms with Crippen LogP contribution in [0.1, 0.15) is 19.3 Å². The van der Waals surface area contributed by atoms with E-state index in [9.17, 15) is 14.9 Å². The number of nitro groups is 1. The van der Waals surface area contributed by atoms with Crippen molar-refractivity contribution in [2.75, 3.05) is 7.11 Å². The fourth-order valence-corrected chi connectivity index (χ4v) is 2.78. The zero-order chi connectivity index (χ0) is 15.6. The number of halogens is 1. The molecule has 1 aliphatic carbocycles. The van der Waals surface area contributed by atoms with Gasteiger partial charge in [0.05, 0.1) is 12.0 Å². The standard InChI is InChI=1S/C13H15BrN2O5/c1-20-12(17)13(15)5-4-9(7-13)21-11-3-2-8(14)6-10(11)16(18)19/h2-3,6,9H,4-5,7,15H2,1H3. The third kappa shape index (κ3) is 3.33. The molecule has 21 heavy (non-hydrogen) atoms. The van der Waals surface area contributed by atoms with Crippen molar-refractivity contribution in [2.24, 2.45) is 5.73 Å². The Bertz CT molecular complexity index is 580. The molecule has 2 atom stereocenters. The predicted octanol–water partition coefficient (Wildman–Crippen LogP) is 2.16. The van der Waals surface area contributed by atoms with Crippen LogP contribution in [0.25, 0.3) is 0 Å². The Kier molecular flexibility index (Phi) is 4.48. The highest BCUT2D eigenvalue weighted by Crippen LogP contribution is 2.36. The smallest absolute Gasteiger partial charge is 0.325 e. The number of nitro benzene ring substituents is 1. The Morgan fingerprint density at radius 2 is 2.29 bits per heavy atom. The number of esters is 1. The second kappa shape index (κ2) is 5.98. The van der Waals surface area contributed by atoms with E-state index in [4.69, 9.17) is 10.5 Å². The van der Waals surface area contributed by atoms with E-state index < -0.39 is 16.4 Å². The first kappa shape index (κ1) is 15.7. The fourth-order valence-electron chi connectivity index (χ4n) is 2.43. The first-order chi connectivity index (χ1) is 9.85. The van der Waals surface area contributed by atoms with Crippen molar-refractivity contribution in [3.05, 3.63) is 32.8 Å². The van der Waals surface area contributed by atoms with Crippen LogP contribution in [0.3, 0.4) is 0 Å². The van der Waals surface area contributed by atoms with Crippen LogP contribution in [0.5, 0.6) is 5.75 Å². The summed E-state index contributed by atoms with van der Waals surface area (Å²) in [6.45, 7) is 0. The van der Waals surface area contributed by atoms with Crippen molar-refractivity contribution in [2.45, 2.75) is 30.9 Å². The van der Waals surface area contributed by atoms with Gasteiger partial charge in [0.1, 0.15) is 11.6 Å². The minimum atomic E-state index is -1.08. The van der Waals surface area contributed by atoms with E-state index in [0.29, 0.717) is 17.3 Å². The van der Waals surface area contributed by atoms with E-state index in [-0.39, 0.29) is 24.0 Å². The molecule has 1 saturated carbocycles. The zero-order valence-corrected chi connectivity index (χ0v) is 13.0. The average Bonchev–Trinajstić information content (AvgIpc) is 2.82. The van der Waals surface area contributed by atoms with Crippen LogP contribution in [0.2, 0.25) is 0 Å². The van der Waals surface area contributed by atoms with E-state index in [1.807, 2.05) is 0 Å². The molecule has 2 rings (SSSR count). The van der Waals surface area contributed by atoms with Crippen molar-refractivity contribution in [1.82, 2.24) is 0 Å². The molecule has 1 aromatic rings. The molecule has 2 N–H and O–H groups in total. The first-order valence-corrected chi connectivity index (χ1v) is 7.13. The molecule has 0 aliphatic heterocycles. The maximum atomic E-state index is 11.6. The third-order valence-corrected chi connectivity index (χ3v) is 4.00. The summed E-state index contributed by atoms with van der Waals surface area (Å²) < 4.78 is 10.9. The van der Waals surface area contributed by atoms with Gasteiger partial charge in [0.2, 0.25) is 0 Å². The topological polar surface area (TPSA) is 105 Å². The van der Waals surface area contributed by atoms with Crippen LogP contribution in [0, 0.1) is 10.1 Å². The van der Waals surface area contributed by atoms with Gasteiger partial charge in [0.25, 0.3) is 0 Å². The Morgan fingerprint density at radius 1 is 1.57 bits per heavy atom. The van der Waals surface area contributed by atoms with Crippen molar-refractivity contribution in [3.63, 3.8) is 0 Å². The molecule has 1 fully saturated rings. The molecule has 1 aliphatic rings. The zero-order valence-electron chi connectivity index (χ0n) is 11.4. The molecule has 0 bridgehead atoms. The lowest BCUT2D eigenvalue weighted by Crippen LogP contribution is -2.47. The lowest BCUT2D eigenvalue weighted by atomic mass is 10.00. The molecule has 0 amide bonds. The molecule has 2 unspecified atom stereocenters. The molecule has 0 saturated heterocycles. The van der Waals surface area contributed by atoms with Crippen LogP contribution < -0.4 is 10.5 Å². The van der Waals surface area contributed by atoms with Crippen molar-refractivity contribution < 1.29 is 19.2 Å². The fraction of sp³-hybridized carbons (Fsp3) is 0.462. The number of hydrogen-bond donors (Lipinski definition) is 1. The summed E-state index contributed by atoms with van der Waals surface area (Å²) in [6, 6.07) is 4.56. The van der Waals surface area contributed by atoms with Gasteiger partial charge in [-0.15, -0.1) is 0 Å². The van der Waals surface area contributed by atoms with Crippen LogP contribution in [0.15, 0.2) is 22.7 Å². The molecule has 0 spiro atoms. The highest BCUT2D eigenvalue weighted by atomic mass is 79.9. The van der Waals surface area contributed by atoms with Crippen LogP contribution in [-0.4, -0.2) is 29.6 Å². The molecule has 1 aromatic carbocycles. The minimum Gasteiger partial charge on any atom is -0.483 e. The lowest BCUT2D eigenvalue weighted by Gasteiger charge is -2.20. The largest absolute Gasteiger partial charge is 0.483 e. The van der Waals surface area contributed by atoms with E-state index >= 15 is 0 Å². The van der Waals surface area contributed by atoms with E-state index in [2.05, 4.69) is 20.7 Å². The maximum absolute atomic E-state index is 11.6. The number of nitrogens with zero attached hydrogens (tertiary/aromatic N) is 1. The summed E-state index contributed by atoms with van der Waals surface area (Å²) in [5.41, 5.74) is 4.78. The Hall–Kier alpha value is -1.67. The summed E-state index contributed by atoms with van der Waals surface area (Å²) in [5.74, 6) is -0.318. The number of benzene rings is 1. The molecule has 0 heterocycles. The van der Waals surface area contributed by atoms with Crippen LogP contribution in [0.4, 0.5) is 5.69 Å². The normalized spacial score (nSPS) is 24.6. The van der Waals surface area contributed by atoms with E-state index in [0.717, 1.165) is 0 Å². The number of ether oxygens (including phenoxy) is 2. The maximum Gasteiger partial charge on any atom is 0.325 e. The number of methoxy groups -OCH3 is 1. The van der Waals surface area contributed by atoms with E-state index in [1.165, 1.54) is 19.2 Å². The lowest BCUT2D eigenvalue weighted by molar-refractivity contribution is -0.386. The molecule has 7 nitrogen and oxygen atoms in total. The highest BCUT2D eigenvalue weighted by Gasteiger charge is 2.44. The van der Waals surface area contributed by atoms with Gasteiger partial charge >= 0.3 is 11.7 Å². The second-order valence-corrected chi connectivity index (χ2v) is 5.92. The summed E-state index contributed by atoms with van der Waals surface area (Å²) >= 11 is 3.18. The third-order valence-electron chi connectivity index (χ3n) is 3.51. The SMILES string of the molecule is COC(=O)C1(N)CCC(Oc2ccc(Br)cc2[N+](=O)[O-])C1. The summed E-state index contributed by atoms with van der Waals surface area (Å²) in [4.78, 5) is 22.2. The van der Waals surface area contributed by atoms with Crippen molar-refractivity contribution in [1.29, 1.82) is 0 Å². The van der Waals surface area contributed by atoms with Gasteiger partial charge < -0.3 is 15.2 Å². The molecule has 114 valence electrons. The Labute approximate surface area is 129 Å². The van der Waals surface area contributed by atoms with Crippen molar-refractivity contribution >= 4 is 27.6 Å². The second-order valence-electron chi connectivity index (χ2n) is 5.00. The predicted molar refractivity (Wildman–Crippen MR) is 78.0 cm³/mol. The van der Waals surface area contributed by atoms with Crippen molar-refractivity contribution in [3.8, 4) is 5.75 Å². The van der Waals surface area contributed by atoms with Crippen LogP contribution >= 0.6 is 15.9 Å². The highest BCUT2D eigenvalue weighted by molar-refractivity contribution is 9.10. The van der Waals surface area contributed by atoms with Gasteiger partial charge in [-0.1, -0.05) is 15.9 Å². The minimum absolute atomic E-state index is 0.128. The van der Waals surface area contributed by atoms with Gasteiger partial charge in [-0.05, 0) is 25.0 Å². The van der Waals surface area contributed by atoms with Gasteiger partial charge in [0.15, 0.2) is 5.75 Å². The number of nitrogens with two attached hydrogens (primary N) is 1. The Balaban J connectivity index is 2.14. The molecule has 0 radical (unpaired) electrons.